The molecule has 1 atom stereocenters. The molecular formula is C13H26N2O2. The predicted molar refractivity (Wildman–Crippen MR) is 68.9 cm³/mol. The minimum absolute atomic E-state index is 0.163. The SMILES string of the molecule is CCOC(=O)C(C)(C)NCCC1CCN(C)C1. The first-order chi connectivity index (χ1) is 7.95. The molecule has 17 heavy (non-hydrogen) atoms. The number of likely N-dealkylation sites (tertiary alicyclic amines) is 1. The number of nitrogens with one attached hydrogen (secondary N) is 1. The van der Waals surface area contributed by atoms with E-state index in [1.807, 2.05) is 20.8 Å². The second-order valence-electron chi connectivity index (χ2n) is 5.48. The van der Waals surface area contributed by atoms with Crippen LogP contribution in [0.3, 0.4) is 0 Å². The number of rotatable bonds is 6. The lowest BCUT2D eigenvalue weighted by atomic mass is 10.0. The Morgan fingerprint density at radius 3 is 2.76 bits per heavy atom. The van der Waals surface area contributed by atoms with Crippen LogP contribution in [-0.2, 0) is 9.53 Å². The Kier molecular flexibility index (Phi) is 5.40. The minimum atomic E-state index is -0.569. The van der Waals surface area contributed by atoms with E-state index >= 15 is 0 Å². The first-order valence-corrected chi connectivity index (χ1v) is 6.56. The van der Waals surface area contributed by atoms with Crippen molar-refractivity contribution in [2.24, 2.45) is 5.92 Å². The van der Waals surface area contributed by atoms with Gasteiger partial charge in [0.2, 0.25) is 0 Å². The summed E-state index contributed by atoms with van der Waals surface area (Å²) >= 11 is 0. The number of hydrogen-bond donors (Lipinski definition) is 1. The summed E-state index contributed by atoms with van der Waals surface area (Å²) < 4.78 is 5.04. The maximum Gasteiger partial charge on any atom is 0.325 e. The molecule has 1 aliphatic heterocycles. The molecule has 1 saturated heterocycles. The van der Waals surface area contributed by atoms with Gasteiger partial charge < -0.3 is 15.0 Å². The third kappa shape index (κ3) is 4.64. The molecule has 0 spiro atoms. The van der Waals surface area contributed by atoms with Crippen LogP contribution in [0, 0.1) is 5.92 Å². The summed E-state index contributed by atoms with van der Waals surface area (Å²) in [5.74, 6) is 0.606. The van der Waals surface area contributed by atoms with Gasteiger partial charge in [0, 0.05) is 6.54 Å². The summed E-state index contributed by atoms with van der Waals surface area (Å²) in [4.78, 5) is 14.0. The zero-order valence-corrected chi connectivity index (χ0v) is 11.6. The van der Waals surface area contributed by atoms with Gasteiger partial charge in [-0.1, -0.05) is 0 Å². The average Bonchev–Trinajstić information content (AvgIpc) is 2.64. The molecule has 1 fully saturated rings. The van der Waals surface area contributed by atoms with Gasteiger partial charge in [0.25, 0.3) is 0 Å². The van der Waals surface area contributed by atoms with Gasteiger partial charge in [0.1, 0.15) is 5.54 Å². The summed E-state index contributed by atoms with van der Waals surface area (Å²) in [5, 5.41) is 3.29. The first-order valence-electron chi connectivity index (χ1n) is 6.56. The van der Waals surface area contributed by atoms with Gasteiger partial charge in [0.05, 0.1) is 6.61 Å². The minimum Gasteiger partial charge on any atom is -0.465 e. The topological polar surface area (TPSA) is 41.6 Å². The molecule has 1 unspecified atom stereocenters. The van der Waals surface area contributed by atoms with Crippen LogP contribution in [0.5, 0.6) is 0 Å². The zero-order valence-electron chi connectivity index (χ0n) is 11.6. The van der Waals surface area contributed by atoms with E-state index in [1.54, 1.807) is 0 Å². The molecule has 100 valence electrons. The molecule has 4 heteroatoms. The standard InChI is InChI=1S/C13H26N2O2/c1-5-17-12(16)13(2,3)14-8-6-11-7-9-15(4)10-11/h11,14H,5-10H2,1-4H3. The van der Waals surface area contributed by atoms with E-state index in [0.717, 1.165) is 18.9 Å². The van der Waals surface area contributed by atoms with E-state index in [-0.39, 0.29) is 5.97 Å². The van der Waals surface area contributed by atoms with Crippen molar-refractivity contribution >= 4 is 5.97 Å². The molecule has 1 rings (SSSR count). The normalized spacial score (nSPS) is 21.8. The Morgan fingerprint density at radius 1 is 1.53 bits per heavy atom. The third-order valence-corrected chi connectivity index (χ3v) is 3.39. The summed E-state index contributed by atoms with van der Waals surface area (Å²) in [7, 11) is 2.16. The fourth-order valence-corrected chi connectivity index (χ4v) is 2.23. The highest BCUT2D eigenvalue weighted by Crippen LogP contribution is 2.17. The van der Waals surface area contributed by atoms with E-state index in [1.165, 1.54) is 19.5 Å². The second-order valence-corrected chi connectivity index (χ2v) is 5.48. The Morgan fingerprint density at radius 2 is 2.24 bits per heavy atom. The molecular weight excluding hydrogens is 216 g/mol. The number of esters is 1. The quantitative estimate of drug-likeness (QED) is 0.712. The Bertz CT molecular complexity index is 254. The van der Waals surface area contributed by atoms with Gasteiger partial charge in [-0.25, -0.2) is 0 Å². The van der Waals surface area contributed by atoms with E-state index in [2.05, 4.69) is 17.3 Å². The van der Waals surface area contributed by atoms with Crippen LogP contribution in [-0.4, -0.2) is 49.7 Å². The number of carbonyl (C=O) groups excluding carboxylic acids is 1. The third-order valence-electron chi connectivity index (χ3n) is 3.39. The zero-order chi connectivity index (χ0) is 12.9. The Labute approximate surface area is 105 Å². The van der Waals surface area contributed by atoms with Crippen molar-refractivity contribution in [2.45, 2.75) is 39.2 Å². The van der Waals surface area contributed by atoms with Gasteiger partial charge in [0.15, 0.2) is 0 Å². The highest BCUT2D eigenvalue weighted by Gasteiger charge is 2.28. The number of hydrogen-bond acceptors (Lipinski definition) is 4. The van der Waals surface area contributed by atoms with Crippen LogP contribution in [0.1, 0.15) is 33.6 Å². The van der Waals surface area contributed by atoms with Crippen LogP contribution in [0.25, 0.3) is 0 Å². The van der Waals surface area contributed by atoms with Crippen molar-refractivity contribution in [3.63, 3.8) is 0 Å². The monoisotopic (exact) mass is 242 g/mol. The van der Waals surface area contributed by atoms with Crippen molar-refractivity contribution < 1.29 is 9.53 Å². The predicted octanol–water partition coefficient (Wildman–Crippen LogP) is 1.26. The van der Waals surface area contributed by atoms with E-state index in [9.17, 15) is 4.79 Å². The molecule has 0 amide bonds. The smallest absolute Gasteiger partial charge is 0.325 e. The van der Waals surface area contributed by atoms with Crippen molar-refractivity contribution in [1.82, 2.24) is 10.2 Å². The summed E-state index contributed by atoms with van der Waals surface area (Å²) in [6.07, 6.45) is 2.41. The number of nitrogens with zero attached hydrogens (tertiary/aromatic N) is 1. The molecule has 1 heterocycles. The Balaban J connectivity index is 2.22. The fraction of sp³-hybridized carbons (Fsp3) is 0.923. The highest BCUT2D eigenvalue weighted by atomic mass is 16.5. The molecule has 0 radical (unpaired) electrons. The molecule has 4 nitrogen and oxygen atoms in total. The maximum absolute atomic E-state index is 11.7. The van der Waals surface area contributed by atoms with E-state index < -0.39 is 5.54 Å². The van der Waals surface area contributed by atoms with Crippen LogP contribution < -0.4 is 5.32 Å². The Hall–Kier alpha value is -0.610. The fourth-order valence-electron chi connectivity index (χ4n) is 2.23. The largest absolute Gasteiger partial charge is 0.465 e. The lowest BCUT2D eigenvalue weighted by molar-refractivity contribution is -0.149. The second kappa shape index (κ2) is 6.36. The van der Waals surface area contributed by atoms with Gasteiger partial charge in [-0.3, -0.25) is 4.79 Å². The van der Waals surface area contributed by atoms with Crippen LogP contribution >= 0.6 is 0 Å². The molecule has 0 aliphatic carbocycles. The number of ether oxygens (including phenoxy) is 1. The van der Waals surface area contributed by atoms with E-state index in [4.69, 9.17) is 4.74 Å². The maximum atomic E-state index is 11.7. The van der Waals surface area contributed by atoms with Gasteiger partial charge in [-0.15, -0.1) is 0 Å². The van der Waals surface area contributed by atoms with Crippen molar-refractivity contribution in [2.75, 3.05) is 33.3 Å². The van der Waals surface area contributed by atoms with Crippen LogP contribution in [0.15, 0.2) is 0 Å². The summed E-state index contributed by atoms with van der Waals surface area (Å²) in [6.45, 7) is 9.30. The average molecular weight is 242 g/mol. The lowest BCUT2D eigenvalue weighted by Gasteiger charge is -2.24. The van der Waals surface area contributed by atoms with Gasteiger partial charge in [-0.05, 0) is 59.7 Å². The molecule has 0 bridgehead atoms. The van der Waals surface area contributed by atoms with Crippen LogP contribution in [0.2, 0.25) is 0 Å². The summed E-state index contributed by atoms with van der Waals surface area (Å²) in [6, 6.07) is 0. The molecule has 0 aromatic rings. The molecule has 0 saturated carbocycles. The molecule has 0 aromatic heterocycles. The van der Waals surface area contributed by atoms with Crippen LogP contribution in [0.4, 0.5) is 0 Å². The number of carbonyl (C=O) groups is 1. The van der Waals surface area contributed by atoms with Crippen molar-refractivity contribution in [1.29, 1.82) is 0 Å². The van der Waals surface area contributed by atoms with E-state index in [0.29, 0.717) is 6.61 Å². The van der Waals surface area contributed by atoms with Crippen molar-refractivity contribution in [3.8, 4) is 0 Å². The van der Waals surface area contributed by atoms with Crippen molar-refractivity contribution in [3.05, 3.63) is 0 Å². The summed E-state index contributed by atoms with van der Waals surface area (Å²) in [5.41, 5.74) is -0.569. The van der Waals surface area contributed by atoms with Gasteiger partial charge in [-0.2, -0.15) is 0 Å². The first kappa shape index (κ1) is 14.5. The molecule has 1 aliphatic rings. The molecule has 0 aromatic carbocycles. The molecule has 1 N–H and O–H groups in total. The van der Waals surface area contributed by atoms with Gasteiger partial charge >= 0.3 is 5.97 Å². The lowest BCUT2D eigenvalue weighted by Crippen LogP contribution is -2.48. The highest BCUT2D eigenvalue weighted by molar-refractivity contribution is 5.79.